The minimum atomic E-state index is -0.496. The maximum atomic E-state index is 12.8. The lowest BCUT2D eigenvalue weighted by atomic mass is 10.0. The summed E-state index contributed by atoms with van der Waals surface area (Å²) < 4.78 is 18.5. The molecule has 0 unspecified atom stereocenters. The molecule has 1 aliphatic heterocycles. The number of amides is 1. The van der Waals surface area contributed by atoms with Crippen LogP contribution in [0.4, 0.5) is 4.39 Å². The van der Waals surface area contributed by atoms with Gasteiger partial charge in [0.05, 0.1) is 18.9 Å². The van der Waals surface area contributed by atoms with Gasteiger partial charge in [-0.1, -0.05) is 29.8 Å². The lowest BCUT2D eigenvalue weighted by Crippen LogP contribution is -2.44. The molecule has 25 heavy (non-hydrogen) atoms. The molecule has 132 valence electrons. The van der Waals surface area contributed by atoms with E-state index >= 15 is 0 Å². The van der Waals surface area contributed by atoms with E-state index in [9.17, 15) is 9.18 Å². The zero-order valence-electron chi connectivity index (χ0n) is 14.3. The van der Waals surface area contributed by atoms with Crippen molar-refractivity contribution < 1.29 is 13.9 Å². The van der Waals surface area contributed by atoms with E-state index in [1.165, 1.54) is 11.1 Å². The summed E-state index contributed by atoms with van der Waals surface area (Å²) in [6, 6.07) is 8.38. The number of carbonyl (C=O) groups is 1. The normalized spacial score (nSPS) is 17.4. The minimum Gasteiger partial charge on any atom is -0.458 e. The molecule has 0 N–H and O–H groups in total. The Labute approximate surface area is 146 Å². The average Bonchev–Trinajstić information content (AvgIpc) is 2.62. The van der Waals surface area contributed by atoms with Gasteiger partial charge in [0.2, 0.25) is 5.91 Å². The van der Waals surface area contributed by atoms with Crippen molar-refractivity contribution in [2.45, 2.75) is 38.7 Å². The summed E-state index contributed by atoms with van der Waals surface area (Å²) in [7, 11) is 0. The van der Waals surface area contributed by atoms with Crippen LogP contribution in [0.25, 0.3) is 0 Å². The number of aromatic nitrogens is 2. The Bertz CT molecular complexity index is 721. The third kappa shape index (κ3) is 4.98. The van der Waals surface area contributed by atoms with Gasteiger partial charge in [-0.3, -0.25) is 4.79 Å². The number of hydrogen-bond donors (Lipinski definition) is 0. The zero-order valence-corrected chi connectivity index (χ0v) is 14.3. The molecule has 0 aliphatic carbocycles. The van der Waals surface area contributed by atoms with Crippen molar-refractivity contribution in [2.75, 3.05) is 13.1 Å². The lowest BCUT2D eigenvalue weighted by Gasteiger charge is -2.32. The average molecular weight is 343 g/mol. The Morgan fingerprint density at radius 2 is 2.16 bits per heavy atom. The first-order chi connectivity index (χ1) is 12.1. The fourth-order valence-corrected chi connectivity index (χ4v) is 3.05. The van der Waals surface area contributed by atoms with Crippen LogP contribution in [0.1, 0.15) is 30.4 Å². The number of likely N-dealkylation sites (tertiary alicyclic amines) is 1. The molecule has 1 aromatic heterocycles. The summed E-state index contributed by atoms with van der Waals surface area (Å²) in [4.78, 5) is 22.0. The molecule has 0 spiro atoms. The molecule has 2 heterocycles. The Morgan fingerprint density at radius 1 is 1.36 bits per heavy atom. The van der Waals surface area contributed by atoms with Gasteiger partial charge >= 0.3 is 6.01 Å². The van der Waals surface area contributed by atoms with Gasteiger partial charge in [0.15, 0.2) is 5.82 Å². The van der Waals surface area contributed by atoms with Gasteiger partial charge in [-0.2, -0.15) is 0 Å². The molecule has 1 fully saturated rings. The van der Waals surface area contributed by atoms with Crippen molar-refractivity contribution in [1.29, 1.82) is 0 Å². The molecule has 2 aromatic rings. The standard InChI is InChI=1S/C19H22FN3O2/c1-14-4-2-5-15(10-14)7-8-18(24)23-9-3-6-17(13-23)25-19-21-11-16(20)12-22-19/h2,4-5,10-12,17H,3,6-9,13H2,1H3/t17-/m1/s1. The number of piperidine rings is 1. The van der Waals surface area contributed by atoms with Crippen molar-refractivity contribution in [3.05, 3.63) is 53.6 Å². The molecule has 1 amide bonds. The quantitative estimate of drug-likeness (QED) is 0.838. The number of ether oxygens (including phenoxy) is 1. The molecule has 1 aliphatic rings. The van der Waals surface area contributed by atoms with Crippen molar-refractivity contribution in [1.82, 2.24) is 14.9 Å². The first kappa shape index (κ1) is 17.3. The fourth-order valence-electron chi connectivity index (χ4n) is 3.05. The number of carbonyl (C=O) groups excluding carboxylic acids is 1. The smallest absolute Gasteiger partial charge is 0.316 e. The highest BCUT2D eigenvalue weighted by molar-refractivity contribution is 5.76. The topological polar surface area (TPSA) is 55.3 Å². The number of rotatable bonds is 5. The van der Waals surface area contributed by atoms with Gasteiger partial charge in [0.1, 0.15) is 6.10 Å². The first-order valence-corrected chi connectivity index (χ1v) is 8.57. The van der Waals surface area contributed by atoms with Crippen LogP contribution in [-0.4, -0.2) is 40.0 Å². The summed E-state index contributed by atoms with van der Waals surface area (Å²) >= 11 is 0. The van der Waals surface area contributed by atoms with Crippen molar-refractivity contribution in [3.8, 4) is 6.01 Å². The number of benzene rings is 1. The van der Waals surface area contributed by atoms with Gasteiger partial charge in [-0.15, -0.1) is 0 Å². The molecule has 3 rings (SSSR count). The molecular formula is C19H22FN3O2. The largest absolute Gasteiger partial charge is 0.458 e. The lowest BCUT2D eigenvalue weighted by molar-refractivity contribution is -0.133. The first-order valence-electron chi connectivity index (χ1n) is 8.57. The van der Waals surface area contributed by atoms with E-state index in [1.54, 1.807) is 0 Å². The fraction of sp³-hybridized carbons (Fsp3) is 0.421. The number of aryl methyl sites for hydroxylation is 2. The van der Waals surface area contributed by atoms with Gasteiger partial charge in [0.25, 0.3) is 0 Å². The van der Waals surface area contributed by atoms with Gasteiger partial charge in [-0.05, 0) is 31.7 Å². The van der Waals surface area contributed by atoms with E-state index in [2.05, 4.69) is 29.0 Å². The van der Waals surface area contributed by atoms with Crippen LogP contribution in [0.3, 0.4) is 0 Å². The maximum absolute atomic E-state index is 12.8. The van der Waals surface area contributed by atoms with E-state index in [4.69, 9.17) is 4.74 Å². The van der Waals surface area contributed by atoms with Crippen LogP contribution in [0.2, 0.25) is 0 Å². The zero-order chi connectivity index (χ0) is 17.6. The van der Waals surface area contributed by atoms with E-state index in [0.717, 1.165) is 38.2 Å². The third-order valence-electron chi connectivity index (χ3n) is 4.31. The molecule has 5 nitrogen and oxygen atoms in total. The second kappa shape index (κ2) is 8.05. The monoisotopic (exact) mass is 343 g/mol. The van der Waals surface area contributed by atoms with Gasteiger partial charge in [0, 0.05) is 13.0 Å². The molecular weight excluding hydrogens is 321 g/mol. The number of hydrogen-bond acceptors (Lipinski definition) is 4. The summed E-state index contributed by atoms with van der Waals surface area (Å²) in [5.41, 5.74) is 2.38. The Balaban J connectivity index is 1.51. The highest BCUT2D eigenvalue weighted by Gasteiger charge is 2.25. The van der Waals surface area contributed by atoms with Crippen LogP contribution < -0.4 is 4.74 Å². The molecule has 1 aromatic carbocycles. The van der Waals surface area contributed by atoms with Crippen molar-refractivity contribution in [2.24, 2.45) is 0 Å². The van der Waals surface area contributed by atoms with Crippen LogP contribution in [0, 0.1) is 12.7 Å². The highest BCUT2D eigenvalue weighted by Crippen LogP contribution is 2.17. The Morgan fingerprint density at radius 3 is 2.92 bits per heavy atom. The van der Waals surface area contributed by atoms with Crippen molar-refractivity contribution in [3.63, 3.8) is 0 Å². The second-order valence-electron chi connectivity index (χ2n) is 6.39. The van der Waals surface area contributed by atoms with Crippen LogP contribution in [-0.2, 0) is 11.2 Å². The Kier molecular flexibility index (Phi) is 5.58. The minimum absolute atomic E-state index is 0.134. The molecule has 0 saturated carbocycles. The summed E-state index contributed by atoms with van der Waals surface area (Å²) in [5.74, 6) is -0.362. The van der Waals surface area contributed by atoms with E-state index < -0.39 is 5.82 Å². The van der Waals surface area contributed by atoms with Crippen molar-refractivity contribution >= 4 is 5.91 Å². The summed E-state index contributed by atoms with van der Waals surface area (Å²) in [6.07, 6.45) is 4.95. The number of nitrogens with zero attached hydrogens (tertiary/aromatic N) is 3. The second-order valence-corrected chi connectivity index (χ2v) is 6.39. The Hall–Kier alpha value is -2.50. The van der Waals surface area contributed by atoms with Gasteiger partial charge in [-0.25, -0.2) is 14.4 Å². The van der Waals surface area contributed by atoms with Crippen LogP contribution >= 0.6 is 0 Å². The number of halogens is 1. The predicted molar refractivity (Wildman–Crippen MR) is 91.7 cm³/mol. The molecule has 0 radical (unpaired) electrons. The third-order valence-corrected chi connectivity index (χ3v) is 4.31. The van der Waals surface area contributed by atoms with Crippen LogP contribution in [0.15, 0.2) is 36.7 Å². The molecule has 1 atom stereocenters. The molecule has 6 heteroatoms. The van der Waals surface area contributed by atoms with Gasteiger partial charge < -0.3 is 9.64 Å². The van der Waals surface area contributed by atoms with Crippen LogP contribution in [0.5, 0.6) is 6.01 Å². The molecule has 0 bridgehead atoms. The summed E-state index contributed by atoms with van der Waals surface area (Å²) in [6.45, 7) is 3.32. The van der Waals surface area contributed by atoms with E-state index in [-0.39, 0.29) is 18.0 Å². The predicted octanol–water partition coefficient (Wildman–Crippen LogP) is 2.93. The highest BCUT2D eigenvalue weighted by atomic mass is 19.1. The SMILES string of the molecule is Cc1cccc(CCC(=O)N2CCC[C@@H](Oc3ncc(F)cn3)C2)c1. The summed E-state index contributed by atoms with van der Waals surface area (Å²) in [5, 5.41) is 0. The maximum Gasteiger partial charge on any atom is 0.316 e. The van der Waals surface area contributed by atoms with E-state index in [0.29, 0.717) is 13.0 Å². The van der Waals surface area contributed by atoms with E-state index in [1.807, 2.05) is 17.0 Å². The molecule has 1 saturated heterocycles.